The van der Waals surface area contributed by atoms with Crippen molar-refractivity contribution in [1.82, 2.24) is 0 Å². The van der Waals surface area contributed by atoms with Crippen LogP contribution in [0.25, 0.3) is 0 Å². The van der Waals surface area contributed by atoms with Gasteiger partial charge in [-0.05, 0) is 12.5 Å². The summed E-state index contributed by atoms with van der Waals surface area (Å²) < 4.78 is 29.2. The molecule has 0 bridgehead atoms. The first kappa shape index (κ1) is 17.4. The van der Waals surface area contributed by atoms with Crippen LogP contribution in [0.4, 0.5) is 4.39 Å². The van der Waals surface area contributed by atoms with Crippen LogP contribution in [0.2, 0.25) is 0 Å². The molecule has 7 heteroatoms. The second-order valence-corrected chi connectivity index (χ2v) is 4.30. The van der Waals surface area contributed by atoms with Gasteiger partial charge in [-0.2, -0.15) is 0 Å². The molecule has 0 heterocycles. The Bertz CT molecular complexity index is 455. The second kappa shape index (κ2) is 10.1. The number of benzene rings is 1. The van der Waals surface area contributed by atoms with Crippen molar-refractivity contribution in [2.24, 2.45) is 10.9 Å². The van der Waals surface area contributed by atoms with Gasteiger partial charge in [-0.1, -0.05) is 17.3 Å². The van der Waals surface area contributed by atoms with Crippen molar-refractivity contribution in [2.75, 3.05) is 33.5 Å². The number of methoxy groups -OCH3 is 1. The first-order chi connectivity index (χ1) is 10.2. The SMILES string of the molecule is COCCOCCCOCc1ccc(/C(N)=N/O)cc1F. The Morgan fingerprint density at radius 3 is 2.67 bits per heavy atom. The predicted octanol–water partition coefficient (Wildman–Crippen LogP) is 1.49. The molecular formula is C14H21FN2O4. The standard InChI is InChI=1S/C14H21FN2O4/c1-19-7-8-20-5-2-6-21-10-12-4-3-11(9-13(12)15)14(16)17-18/h3-4,9,18H,2,5-8,10H2,1H3,(H2,16,17). The molecule has 6 nitrogen and oxygen atoms in total. The molecular weight excluding hydrogens is 279 g/mol. The van der Waals surface area contributed by atoms with Crippen LogP contribution >= 0.6 is 0 Å². The molecule has 1 aromatic rings. The van der Waals surface area contributed by atoms with Gasteiger partial charge in [0.25, 0.3) is 0 Å². The number of nitrogens with zero attached hydrogens (tertiary/aromatic N) is 1. The Kier molecular flexibility index (Phi) is 8.34. The maximum atomic E-state index is 13.8. The van der Waals surface area contributed by atoms with Gasteiger partial charge in [0.2, 0.25) is 0 Å². The van der Waals surface area contributed by atoms with Gasteiger partial charge in [0.15, 0.2) is 5.84 Å². The highest BCUT2D eigenvalue weighted by atomic mass is 19.1. The Morgan fingerprint density at radius 1 is 1.24 bits per heavy atom. The van der Waals surface area contributed by atoms with Crippen LogP contribution in [0.15, 0.2) is 23.4 Å². The monoisotopic (exact) mass is 300 g/mol. The highest BCUT2D eigenvalue weighted by Crippen LogP contribution is 2.11. The smallest absolute Gasteiger partial charge is 0.170 e. The summed E-state index contributed by atoms with van der Waals surface area (Å²) in [5.74, 6) is -0.579. The van der Waals surface area contributed by atoms with Crippen LogP contribution in [0.3, 0.4) is 0 Å². The Morgan fingerprint density at radius 2 is 2.00 bits per heavy atom. The Hall–Kier alpha value is -1.70. The summed E-state index contributed by atoms with van der Waals surface area (Å²) in [6.07, 6.45) is 0.730. The lowest BCUT2D eigenvalue weighted by molar-refractivity contribution is 0.0479. The molecule has 1 aromatic carbocycles. The maximum absolute atomic E-state index is 13.8. The molecule has 21 heavy (non-hydrogen) atoms. The molecule has 3 N–H and O–H groups in total. The van der Waals surface area contributed by atoms with E-state index in [-0.39, 0.29) is 12.4 Å². The van der Waals surface area contributed by atoms with E-state index < -0.39 is 5.82 Å². The zero-order chi connectivity index (χ0) is 15.5. The van der Waals surface area contributed by atoms with Crippen molar-refractivity contribution >= 4 is 5.84 Å². The lowest BCUT2D eigenvalue weighted by atomic mass is 10.1. The van der Waals surface area contributed by atoms with E-state index in [4.69, 9.17) is 25.2 Å². The summed E-state index contributed by atoms with van der Waals surface area (Å²) in [6, 6.07) is 4.34. The van der Waals surface area contributed by atoms with Gasteiger partial charge in [0, 0.05) is 31.5 Å². The first-order valence-electron chi connectivity index (χ1n) is 6.59. The zero-order valence-electron chi connectivity index (χ0n) is 12.0. The van der Waals surface area contributed by atoms with Gasteiger partial charge in [0.05, 0.1) is 19.8 Å². The topological polar surface area (TPSA) is 86.3 Å². The molecule has 0 atom stereocenters. The molecule has 0 radical (unpaired) electrons. The predicted molar refractivity (Wildman–Crippen MR) is 75.9 cm³/mol. The van der Waals surface area contributed by atoms with Crippen LogP contribution in [0.5, 0.6) is 0 Å². The minimum atomic E-state index is -0.449. The third-order valence-electron chi connectivity index (χ3n) is 2.72. The molecule has 0 aromatic heterocycles. The lowest BCUT2D eigenvalue weighted by Gasteiger charge is -2.07. The third-order valence-corrected chi connectivity index (χ3v) is 2.72. The number of hydrogen-bond acceptors (Lipinski definition) is 5. The number of ether oxygens (including phenoxy) is 3. The van der Waals surface area contributed by atoms with E-state index in [0.717, 1.165) is 6.42 Å². The number of rotatable bonds is 10. The van der Waals surface area contributed by atoms with Crippen LogP contribution in [-0.4, -0.2) is 44.6 Å². The van der Waals surface area contributed by atoms with Crippen molar-refractivity contribution in [1.29, 1.82) is 0 Å². The highest BCUT2D eigenvalue weighted by molar-refractivity contribution is 5.97. The summed E-state index contributed by atoms with van der Waals surface area (Å²) in [6.45, 7) is 2.35. The molecule has 0 aliphatic heterocycles. The summed E-state index contributed by atoms with van der Waals surface area (Å²) in [5, 5.41) is 11.3. The second-order valence-electron chi connectivity index (χ2n) is 4.30. The van der Waals surface area contributed by atoms with Crippen LogP contribution in [0.1, 0.15) is 17.5 Å². The van der Waals surface area contributed by atoms with Gasteiger partial charge in [-0.3, -0.25) is 0 Å². The van der Waals surface area contributed by atoms with Crippen LogP contribution in [-0.2, 0) is 20.8 Å². The van der Waals surface area contributed by atoms with Gasteiger partial charge in [-0.25, -0.2) is 4.39 Å². The fraction of sp³-hybridized carbons (Fsp3) is 0.500. The van der Waals surface area contributed by atoms with Crippen molar-refractivity contribution in [2.45, 2.75) is 13.0 Å². The van der Waals surface area contributed by atoms with E-state index in [9.17, 15) is 4.39 Å². The minimum absolute atomic E-state index is 0.130. The number of amidine groups is 1. The van der Waals surface area contributed by atoms with E-state index >= 15 is 0 Å². The number of hydrogen-bond donors (Lipinski definition) is 2. The van der Waals surface area contributed by atoms with Crippen LogP contribution in [0, 0.1) is 5.82 Å². The average molecular weight is 300 g/mol. The summed E-state index contributed by atoms with van der Waals surface area (Å²) in [7, 11) is 1.62. The highest BCUT2D eigenvalue weighted by Gasteiger charge is 2.06. The molecule has 118 valence electrons. The number of oxime groups is 1. The van der Waals surface area contributed by atoms with Gasteiger partial charge >= 0.3 is 0 Å². The largest absolute Gasteiger partial charge is 0.409 e. The third kappa shape index (κ3) is 6.52. The molecule has 0 saturated carbocycles. The van der Waals surface area contributed by atoms with Crippen molar-refractivity contribution in [3.05, 3.63) is 35.1 Å². The molecule has 0 aliphatic rings. The van der Waals surface area contributed by atoms with Crippen molar-refractivity contribution in [3.63, 3.8) is 0 Å². The fourth-order valence-electron chi connectivity index (χ4n) is 1.57. The van der Waals surface area contributed by atoms with Gasteiger partial charge in [0.1, 0.15) is 5.82 Å². The lowest BCUT2D eigenvalue weighted by Crippen LogP contribution is -2.13. The maximum Gasteiger partial charge on any atom is 0.170 e. The Balaban J connectivity index is 2.26. The van der Waals surface area contributed by atoms with E-state index in [1.54, 1.807) is 19.2 Å². The summed E-state index contributed by atoms with van der Waals surface area (Å²) in [4.78, 5) is 0. The van der Waals surface area contributed by atoms with Crippen LogP contribution < -0.4 is 5.73 Å². The molecule has 0 fully saturated rings. The summed E-state index contributed by atoms with van der Waals surface area (Å²) in [5.41, 5.74) is 6.13. The summed E-state index contributed by atoms with van der Waals surface area (Å²) >= 11 is 0. The molecule has 0 aliphatic carbocycles. The van der Waals surface area contributed by atoms with E-state index in [1.165, 1.54) is 6.07 Å². The van der Waals surface area contributed by atoms with Crippen molar-refractivity contribution in [3.8, 4) is 0 Å². The first-order valence-corrected chi connectivity index (χ1v) is 6.59. The number of nitrogens with two attached hydrogens (primary N) is 1. The molecule has 1 rings (SSSR count). The zero-order valence-corrected chi connectivity index (χ0v) is 12.0. The minimum Gasteiger partial charge on any atom is -0.409 e. The Labute approximate surface area is 123 Å². The van der Waals surface area contributed by atoms with Crippen molar-refractivity contribution < 1.29 is 23.8 Å². The van der Waals surface area contributed by atoms with Gasteiger partial charge in [-0.15, -0.1) is 0 Å². The quantitative estimate of drug-likeness (QED) is 0.225. The van der Waals surface area contributed by atoms with E-state index in [0.29, 0.717) is 37.6 Å². The van der Waals surface area contributed by atoms with E-state index in [2.05, 4.69) is 5.16 Å². The molecule has 0 spiro atoms. The molecule has 0 amide bonds. The average Bonchev–Trinajstić information content (AvgIpc) is 2.50. The normalized spacial score (nSPS) is 11.8. The van der Waals surface area contributed by atoms with Gasteiger partial charge < -0.3 is 25.2 Å². The molecule has 0 unspecified atom stereocenters. The molecule has 0 saturated heterocycles. The fourth-order valence-corrected chi connectivity index (χ4v) is 1.57. The van der Waals surface area contributed by atoms with E-state index in [1.807, 2.05) is 0 Å². The number of halogens is 1.